The predicted octanol–water partition coefficient (Wildman–Crippen LogP) is 0.450. The lowest BCUT2D eigenvalue weighted by Crippen LogP contribution is -2.38. The Morgan fingerprint density at radius 1 is 0.862 bits per heavy atom. The SMILES string of the molecule is COC1C(OP(=O)(O)OC[C@H]2O[C@@H](n3cnc4c(=O)[nH]c(N)nc43)C(O)C2O)[C@@H](COP(=O)(O)O)O[C@H]1n1cnc2c(NCc3cccc4ccccc34)ncnc21. The number of nitrogens with two attached hydrogens (primary N) is 1. The Kier molecular flexibility index (Phi) is 10.9. The van der Waals surface area contributed by atoms with Gasteiger partial charge in [-0.25, -0.2) is 29.1 Å². The van der Waals surface area contributed by atoms with Crippen molar-refractivity contribution >= 4 is 60.5 Å². The smallest absolute Gasteiger partial charge is 0.387 e. The Labute approximate surface area is 325 Å². The second-order valence-electron chi connectivity index (χ2n) is 13.2. The zero-order chi connectivity index (χ0) is 40.9. The van der Waals surface area contributed by atoms with Crippen LogP contribution in [0.2, 0.25) is 0 Å². The number of methoxy groups -OCH3 is 1. The van der Waals surface area contributed by atoms with Crippen LogP contribution in [-0.4, -0.2) is 121 Å². The summed E-state index contributed by atoms with van der Waals surface area (Å²) in [6.45, 7) is -1.26. The third kappa shape index (κ3) is 7.86. The number of benzene rings is 2. The molecular weight excluding hydrogens is 810 g/mol. The maximum absolute atomic E-state index is 13.5. The summed E-state index contributed by atoms with van der Waals surface area (Å²) in [5, 5.41) is 27.0. The number of hydrogen-bond acceptors (Lipinski definition) is 18. The van der Waals surface area contributed by atoms with E-state index in [9.17, 15) is 38.8 Å². The fourth-order valence-electron chi connectivity index (χ4n) is 6.99. The molecule has 24 nitrogen and oxygen atoms in total. The molecule has 0 amide bonds. The first-order valence-corrected chi connectivity index (χ1v) is 20.4. The van der Waals surface area contributed by atoms with Crippen LogP contribution >= 0.6 is 15.6 Å². The molecule has 2 aliphatic heterocycles. The van der Waals surface area contributed by atoms with E-state index >= 15 is 0 Å². The van der Waals surface area contributed by atoms with Gasteiger partial charge in [0.05, 0.1) is 25.9 Å². The molecule has 58 heavy (non-hydrogen) atoms. The molecule has 2 aliphatic rings. The second kappa shape index (κ2) is 15.8. The van der Waals surface area contributed by atoms with Crippen LogP contribution in [0.1, 0.15) is 18.0 Å². The molecule has 26 heteroatoms. The Hall–Kier alpha value is -4.78. The molecule has 0 spiro atoms. The van der Waals surface area contributed by atoms with Crippen molar-refractivity contribution < 1.29 is 61.8 Å². The molecule has 4 aromatic heterocycles. The number of phosphoric ester groups is 2. The molecule has 9 N–H and O–H groups in total. The minimum absolute atomic E-state index is 0.0641. The van der Waals surface area contributed by atoms with Crippen molar-refractivity contribution in [1.82, 2.24) is 39.0 Å². The van der Waals surface area contributed by atoms with E-state index in [0.717, 1.165) is 27.2 Å². The van der Waals surface area contributed by atoms with Crippen molar-refractivity contribution in [2.75, 3.05) is 31.4 Å². The van der Waals surface area contributed by atoms with Gasteiger partial charge >= 0.3 is 15.6 Å². The number of aromatic nitrogens is 8. The van der Waals surface area contributed by atoms with E-state index in [1.54, 1.807) is 0 Å². The molecular formula is C32H36N10O14P2. The van der Waals surface area contributed by atoms with Gasteiger partial charge in [0.2, 0.25) is 5.95 Å². The van der Waals surface area contributed by atoms with Gasteiger partial charge < -0.3 is 50.2 Å². The van der Waals surface area contributed by atoms with E-state index in [1.165, 1.54) is 24.3 Å². The molecule has 308 valence electrons. The summed E-state index contributed by atoms with van der Waals surface area (Å²) in [4.78, 5) is 65.5. The largest absolute Gasteiger partial charge is 0.472 e. The van der Waals surface area contributed by atoms with Crippen molar-refractivity contribution in [1.29, 1.82) is 0 Å². The van der Waals surface area contributed by atoms with Crippen molar-refractivity contribution in [2.24, 2.45) is 0 Å². The molecule has 5 unspecified atom stereocenters. The number of aliphatic hydroxyl groups is 2. The van der Waals surface area contributed by atoms with Crippen LogP contribution in [0.3, 0.4) is 0 Å². The number of aromatic amines is 1. The van der Waals surface area contributed by atoms with E-state index in [0.29, 0.717) is 17.9 Å². The van der Waals surface area contributed by atoms with Gasteiger partial charge in [-0.05, 0) is 16.3 Å². The van der Waals surface area contributed by atoms with E-state index in [4.69, 9.17) is 33.5 Å². The summed E-state index contributed by atoms with van der Waals surface area (Å²) in [7, 11) is -9.01. The average Bonchev–Trinajstić information content (AvgIpc) is 3.96. The van der Waals surface area contributed by atoms with Gasteiger partial charge in [0.15, 0.2) is 40.6 Å². The maximum Gasteiger partial charge on any atom is 0.472 e. The standard InChI is InChI=1S/C32H36N10O14P2/c1-51-25-24(56-58(49,50)53-10-18-22(43)23(44)30(54-18)42-14-38-21-28(42)39-32(33)40-29(21)45)19(11-52-57(46,47)48)55-31(25)41-13-37-20-26(35-12-36-27(20)41)34-9-16-7-4-6-15-5-2-3-8-17(15)16/h2-8,12-14,18-19,22-25,30-31,43-44H,9-11H2,1H3,(H,49,50)(H,34,35,36)(H2,46,47,48)(H3,33,39,40,45)/t18-,19-,22?,23?,24?,25?,30-,31-/m1/s1. The number of H-pyrrole nitrogens is 1. The first-order valence-electron chi connectivity index (χ1n) is 17.4. The van der Waals surface area contributed by atoms with E-state index in [-0.39, 0.29) is 22.8 Å². The molecule has 8 rings (SSSR count). The Morgan fingerprint density at radius 2 is 1.57 bits per heavy atom. The molecule has 0 bridgehead atoms. The monoisotopic (exact) mass is 846 g/mol. The minimum Gasteiger partial charge on any atom is -0.387 e. The number of ether oxygens (including phenoxy) is 3. The van der Waals surface area contributed by atoms with Crippen LogP contribution in [0.25, 0.3) is 33.1 Å². The van der Waals surface area contributed by atoms with Gasteiger partial charge in [-0.15, -0.1) is 0 Å². The first kappa shape index (κ1) is 40.0. The molecule has 2 saturated heterocycles. The maximum atomic E-state index is 13.5. The van der Waals surface area contributed by atoms with Crippen molar-refractivity contribution in [3.05, 3.63) is 77.4 Å². The fourth-order valence-corrected chi connectivity index (χ4v) is 8.29. The number of phosphoric acid groups is 2. The molecule has 6 heterocycles. The zero-order valence-corrected chi connectivity index (χ0v) is 31.8. The normalized spacial score (nSPS) is 26.2. The lowest BCUT2D eigenvalue weighted by atomic mass is 10.0. The molecule has 2 fully saturated rings. The number of aliphatic hydroxyl groups excluding tert-OH is 2. The van der Waals surface area contributed by atoms with E-state index in [2.05, 4.69) is 35.2 Å². The van der Waals surface area contributed by atoms with Gasteiger partial charge in [0.1, 0.15) is 43.0 Å². The number of rotatable bonds is 14. The highest BCUT2D eigenvalue weighted by Gasteiger charge is 2.52. The van der Waals surface area contributed by atoms with Gasteiger partial charge in [-0.1, -0.05) is 42.5 Å². The first-order chi connectivity index (χ1) is 27.7. The lowest BCUT2D eigenvalue weighted by molar-refractivity contribution is -0.0582. The summed E-state index contributed by atoms with van der Waals surface area (Å²) in [5.41, 5.74) is 6.38. The molecule has 2 aromatic carbocycles. The number of nitrogens with one attached hydrogen (secondary N) is 2. The highest BCUT2D eigenvalue weighted by Crippen LogP contribution is 2.50. The predicted molar refractivity (Wildman–Crippen MR) is 198 cm³/mol. The van der Waals surface area contributed by atoms with Crippen LogP contribution in [0.15, 0.2) is 66.2 Å². The number of nitrogen functional groups attached to an aromatic ring is 1. The van der Waals surface area contributed by atoms with Crippen LogP contribution in [-0.2, 0) is 43.5 Å². The Balaban J connectivity index is 0.999. The van der Waals surface area contributed by atoms with Gasteiger partial charge in [0, 0.05) is 13.7 Å². The summed E-state index contributed by atoms with van der Waals surface area (Å²) < 4.78 is 60.7. The van der Waals surface area contributed by atoms with E-state index in [1.807, 2.05) is 42.5 Å². The van der Waals surface area contributed by atoms with Crippen LogP contribution in [0.4, 0.5) is 11.8 Å². The van der Waals surface area contributed by atoms with Crippen molar-refractivity contribution in [3.63, 3.8) is 0 Å². The van der Waals surface area contributed by atoms with Gasteiger partial charge in [-0.3, -0.25) is 32.5 Å². The number of imidazole rings is 2. The fraction of sp³-hybridized carbons (Fsp3) is 0.375. The summed E-state index contributed by atoms with van der Waals surface area (Å²) in [5.74, 6) is 0.136. The number of fused-ring (bicyclic) bond motifs is 3. The number of hydrogen-bond donors (Lipinski definition) is 8. The quantitative estimate of drug-likeness (QED) is 0.0690. The Morgan fingerprint density at radius 3 is 2.34 bits per heavy atom. The van der Waals surface area contributed by atoms with Crippen LogP contribution in [0.5, 0.6) is 0 Å². The lowest BCUT2D eigenvalue weighted by Gasteiger charge is -2.26. The highest BCUT2D eigenvalue weighted by molar-refractivity contribution is 7.47. The Bertz CT molecular complexity index is 2620. The second-order valence-corrected chi connectivity index (χ2v) is 15.9. The number of anilines is 2. The van der Waals surface area contributed by atoms with E-state index < -0.39 is 83.5 Å². The van der Waals surface area contributed by atoms with Gasteiger partial charge in [-0.2, -0.15) is 4.98 Å². The van der Waals surface area contributed by atoms with Crippen molar-refractivity contribution in [2.45, 2.75) is 55.6 Å². The average molecular weight is 847 g/mol. The van der Waals surface area contributed by atoms with Crippen LogP contribution < -0.4 is 16.6 Å². The minimum atomic E-state index is -5.18. The highest BCUT2D eigenvalue weighted by atomic mass is 31.2. The van der Waals surface area contributed by atoms with Crippen molar-refractivity contribution in [3.8, 4) is 0 Å². The molecule has 6 aromatic rings. The zero-order valence-electron chi connectivity index (χ0n) is 30.0. The number of nitrogens with zero attached hydrogens (tertiary/aromatic N) is 7. The summed E-state index contributed by atoms with van der Waals surface area (Å²) in [6, 6.07) is 13.9. The molecule has 0 aliphatic carbocycles. The molecule has 0 saturated carbocycles. The molecule has 0 radical (unpaired) electrons. The summed E-state index contributed by atoms with van der Waals surface area (Å²) >= 11 is 0. The third-order valence-corrected chi connectivity index (χ3v) is 11.1. The van der Waals surface area contributed by atoms with Gasteiger partial charge in [0.25, 0.3) is 5.56 Å². The molecule has 9 atom stereocenters. The summed E-state index contributed by atoms with van der Waals surface area (Å²) in [6.07, 6.45) is -7.87. The third-order valence-electron chi connectivity index (χ3n) is 9.64. The topological polar surface area (TPSA) is 336 Å². The van der Waals surface area contributed by atoms with Crippen LogP contribution in [0, 0.1) is 0 Å².